The van der Waals surface area contributed by atoms with Gasteiger partial charge in [0, 0.05) is 13.2 Å². The summed E-state index contributed by atoms with van der Waals surface area (Å²) in [6.45, 7) is 10.5. The molecule has 2 heterocycles. The molecular weight excluding hydrogens is 328 g/mol. The van der Waals surface area contributed by atoms with Gasteiger partial charge < -0.3 is 4.74 Å². The number of rotatable bonds is 5. The van der Waals surface area contributed by atoms with E-state index >= 15 is 0 Å². The van der Waals surface area contributed by atoms with Crippen molar-refractivity contribution in [1.29, 1.82) is 0 Å². The minimum atomic E-state index is -0.484. The van der Waals surface area contributed by atoms with Crippen molar-refractivity contribution in [2.45, 2.75) is 52.2 Å². The van der Waals surface area contributed by atoms with E-state index < -0.39 is 5.60 Å². The molecule has 0 saturated heterocycles. The third-order valence-corrected chi connectivity index (χ3v) is 5.65. The maximum absolute atomic E-state index is 12.4. The molecule has 0 radical (unpaired) electrons. The lowest BCUT2D eigenvalue weighted by Gasteiger charge is -2.40. The number of hydrogen-bond acceptors (Lipinski definition) is 4. The van der Waals surface area contributed by atoms with E-state index in [0.717, 1.165) is 5.69 Å². The largest absolute Gasteiger partial charge is 0.373 e. The van der Waals surface area contributed by atoms with Crippen LogP contribution in [0.5, 0.6) is 0 Å². The van der Waals surface area contributed by atoms with Gasteiger partial charge in [-0.05, 0) is 18.8 Å². The van der Waals surface area contributed by atoms with Gasteiger partial charge in [-0.3, -0.25) is 9.55 Å². The fourth-order valence-electron chi connectivity index (χ4n) is 3.68. The van der Waals surface area contributed by atoms with Gasteiger partial charge in [0.2, 0.25) is 0 Å². The fraction of sp³-hybridized carbons (Fsp3) is 0.550. The number of ether oxygens (including phenoxy) is 1. The summed E-state index contributed by atoms with van der Waals surface area (Å²) in [5.41, 5.74) is 1.28. The fourth-order valence-corrected chi connectivity index (χ4v) is 3.68. The standard InChI is InChI=1S/C20H28N4O2/c1-12(2)14(5)24-18-17(23-19(24)25)21-11-16(22-18)15-9-7-8-10-20(15,26-6)13(3)4/h7-15H,1-6H3,(H,21,23,25)/t14-,15?,20?/m1/s1. The minimum Gasteiger partial charge on any atom is -0.373 e. The van der Waals surface area contributed by atoms with Crippen molar-refractivity contribution in [3.05, 3.63) is 46.7 Å². The van der Waals surface area contributed by atoms with Crippen molar-refractivity contribution < 1.29 is 4.74 Å². The number of imidazole rings is 1. The van der Waals surface area contributed by atoms with Crippen LogP contribution in [-0.4, -0.2) is 32.2 Å². The van der Waals surface area contributed by atoms with Crippen molar-refractivity contribution in [3.8, 4) is 0 Å². The van der Waals surface area contributed by atoms with Crippen LogP contribution in [-0.2, 0) is 4.74 Å². The number of methoxy groups -OCH3 is 1. The van der Waals surface area contributed by atoms with Gasteiger partial charge in [0.15, 0.2) is 11.3 Å². The van der Waals surface area contributed by atoms with Crippen molar-refractivity contribution in [3.63, 3.8) is 0 Å². The van der Waals surface area contributed by atoms with E-state index in [0.29, 0.717) is 17.2 Å². The third-order valence-electron chi connectivity index (χ3n) is 5.65. The molecule has 2 unspecified atom stereocenters. The molecule has 0 aromatic carbocycles. The first kappa shape index (κ1) is 18.6. The van der Waals surface area contributed by atoms with Crippen LogP contribution in [0.4, 0.5) is 0 Å². The second kappa shape index (κ2) is 6.83. The van der Waals surface area contributed by atoms with E-state index in [1.807, 2.05) is 19.1 Å². The molecule has 0 spiro atoms. The van der Waals surface area contributed by atoms with Crippen molar-refractivity contribution in [2.24, 2.45) is 11.8 Å². The molecule has 0 aliphatic heterocycles. The molecule has 1 aliphatic rings. The number of aromatic amines is 1. The van der Waals surface area contributed by atoms with Gasteiger partial charge in [-0.1, -0.05) is 52.0 Å². The van der Waals surface area contributed by atoms with Gasteiger partial charge in [-0.15, -0.1) is 0 Å². The van der Waals surface area contributed by atoms with Crippen LogP contribution in [0.1, 0.15) is 52.3 Å². The lowest BCUT2D eigenvalue weighted by molar-refractivity contribution is -0.0195. The summed E-state index contributed by atoms with van der Waals surface area (Å²) in [6.07, 6.45) is 9.96. The highest BCUT2D eigenvalue weighted by Crippen LogP contribution is 2.41. The predicted octanol–water partition coefficient (Wildman–Crippen LogP) is 3.59. The lowest BCUT2D eigenvalue weighted by Crippen LogP contribution is -2.42. The normalized spacial score (nSPS) is 24.1. The molecule has 1 N–H and O–H groups in total. The molecular formula is C20H28N4O2. The van der Waals surface area contributed by atoms with Gasteiger partial charge in [0.1, 0.15) is 5.60 Å². The van der Waals surface area contributed by atoms with Crippen LogP contribution in [0.3, 0.4) is 0 Å². The van der Waals surface area contributed by atoms with Crippen LogP contribution < -0.4 is 5.69 Å². The Morgan fingerprint density at radius 3 is 2.58 bits per heavy atom. The predicted molar refractivity (Wildman–Crippen MR) is 103 cm³/mol. The van der Waals surface area contributed by atoms with Crippen molar-refractivity contribution in [1.82, 2.24) is 19.5 Å². The van der Waals surface area contributed by atoms with Crippen LogP contribution in [0.25, 0.3) is 11.3 Å². The molecule has 0 bridgehead atoms. The Labute approximate surface area is 154 Å². The Hall–Kier alpha value is -2.21. The third kappa shape index (κ3) is 2.82. The molecule has 26 heavy (non-hydrogen) atoms. The Bertz CT molecular complexity index is 906. The smallest absolute Gasteiger partial charge is 0.329 e. The second-order valence-corrected chi connectivity index (χ2v) is 7.69. The van der Waals surface area contributed by atoms with Gasteiger partial charge in [-0.2, -0.15) is 0 Å². The van der Waals surface area contributed by atoms with Crippen LogP contribution >= 0.6 is 0 Å². The number of nitrogens with one attached hydrogen (secondary N) is 1. The zero-order chi connectivity index (χ0) is 19.1. The summed E-state index contributed by atoms with van der Waals surface area (Å²) < 4.78 is 7.67. The summed E-state index contributed by atoms with van der Waals surface area (Å²) in [7, 11) is 1.73. The number of fused-ring (bicyclic) bond motifs is 1. The highest BCUT2D eigenvalue weighted by atomic mass is 16.5. The highest BCUT2D eigenvalue weighted by molar-refractivity contribution is 5.66. The molecule has 6 nitrogen and oxygen atoms in total. The van der Waals surface area contributed by atoms with Crippen LogP contribution in [0.15, 0.2) is 35.3 Å². The maximum atomic E-state index is 12.4. The molecule has 3 atom stereocenters. The van der Waals surface area contributed by atoms with E-state index in [2.05, 4.69) is 49.8 Å². The summed E-state index contributed by atoms with van der Waals surface area (Å²) in [5.74, 6) is 0.491. The quantitative estimate of drug-likeness (QED) is 0.888. The molecule has 3 rings (SSSR count). The monoisotopic (exact) mass is 356 g/mol. The van der Waals surface area contributed by atoms with Gasteiger partial charge in [0.25, 0.3) is 0 Å². The van der Waals surface area contributed by atoms with E-state index in [-0.39, 0.29) is 23.6 Å². The number of allylic oxidation sites excluding steroid dienone is 2. The lowest BCUT2D eigenvalue weighted by atomic mass is 9.74. The van der Waals surface area contributed by atoms with Crippen LogP contribution in [0.2, 0.25) is 0 Å². The Balaban J connectivity index is 2.17. The van der Waals surface area contributed by atoms with E-state index in [1.165, 1.54) is 0 Å². The zero-order valence-corrected chi connectivity index (χ0v) is 16.4. The van der Waals surface area contributed by atoms with Crippen molar-refractivity contribution in [2.75, 3.05) is 7.11 Å². The van der Waals surface area contributed by atoms with Gasteiger partial charge in [-0.25, -0.2) is 14.8 Å². The van der Waals surface area contributed by atoms with Crippen LogP contribution in [0, 0.1) is 11.8 Å². The Kier molecular flexibility index (Phi) is 4.88. The minimum absolute atomic E-state index is 0.0277. The maximum Gasteiger partial charge on any atom is 0.329 e. The van der Waals surface area contributed by atoms with E-state index in [1.54, 1.807) is 17.9 Å². The molecule has 0 saturated carbocycles. The highest BCUT2D eigenvalue weighted by Gasteiger charge is 2.41. The van der Waals surface area contributed by atoms with Crippen molar-refractivity contribution >= 4 is 11.3 Å². The number of H-pyrrole nitrogens is 1. The second-order valence-electron chi connectivity index (χ2n) is 7.69. The average molecular weight is 356 g/mol. The topological polar surface area (TPSA) is 72.8 Å². The summed E-state index contributed by atoms with van der Waals surface area (Å²) >= 11 is 0. The Morgan fingerprint density at radius 1 is 1.23 bits per heavy atom. The zero-order valence-electron chi connectivity index (χ0n) is 16.4. The molecule has 1 aliphatic carbocycles. The summed E-state index contributed by atoms with van der Waals surface area (Å²) in [6, 6.07) is 0.0277. The summed E-state index contributed by atoms with van der Waals surface area (Å²) in [5, 5.41) is 0. The first-order valence-electron chi connectivity index (χ1n) is 9.20. The molecule has 140 valence electrons. The SMILES string of the molecule is COC1(C(C)C)C=CC=CC1c1cnc2[nH]c(=O)n([C@H](C)C(C)C)c2n1. The molecule has 0 amide bonds. The van der Waals surface area contributed by atoms with Gasteiger partial charge in [0.05, 0.1) is 17.8 Å². The van der Waals surface area contributed by atoms with E-state index in [9.17, 15) is 4.79 Å². The first-order valence-corrected chi connectivity index (χ1v) is 9.20. The molecule has 2 aromatic rings. The molecule has 6 heteroatoms. The number of hydrogen-bond donors (Lipinski definition) is 1. The molecule has 2 aromatic heterocycles. The average Bonchev–Trinajstić information content (AvgIpc) is 2.95. The summed E-state index contributed by atoms with van der Waals surface area (Å²) in [4.78, 5) is 24.6. The van der Waals surface area contributed by atoms with E-state index in [4.69, 9.17) is 9.72 Å². The Morgan fingerprint density at radius 2 is 1.96 bits per heavy atom. The van der Waals surface area contributed by atoms with Gasteiger partial charge >= 0.3 is 5.69 Å². The first-order chi connectivity index (χ1) is 12.3. The number of aromatic nitrogens is 4. The number of nitrogens with zero attached hydrogens (tertiary/aromatic N) is 3. The molecule has 0 fully saturated rings.